The van der Waals surface area contributed by atoms with Gasteiger partial charge in [-0.25, -0.2) is 23.7 Å². The van der Waals surface area contributed by atoms with Gasteiger partial charge in [-0.1, -0.05) is 24.3 Å². The largest absolute Gasteiger partial charge is 0.388 e. The number of hydrogen-bond donors (Lipinski definition) is 2. The molecule has 8 heteroatoms. The number of pyridine rings is 1. The van der Waals surface area contributed by atoms with Crippen LogP contribution in [0.5, 0.6) is 0 Å². The average Bonchev–Trinajstić information content (AvgIpc) is 2.76. The van der Waals surface area contributed by atoms with Gasteiger partial charge in [0.05, 0.1) is 0 Å². The molecule has 0 atom stereocenters. The van der Waals surface area contributed by atoms with Crippen LogP contribution in [0.4, 0.5) is 8.78 Å². The summed E-state index contributed by atoms with van der Waals surface area (Å²) in [6.07, 6.45) is 3.22. The molecule has 0 spiro atoms. The van der Waals surface area contributed by atoms with Crippen LogP contribution in [0.3, 0.4) is 0 Å². The van der Waals surface area contributed by atoms with Crippen LogP contribution < -0.4 is 5.73 Å². The molecule has 0 aliphatic carbocycles. The van der Waals surface area contributed by atoms with Crippen LogP contribution >= 0.6 is 0 Å². The summed E-state index contributed by atoms with van der Waals surface area (Å²) in [7, 11) is 0. The molecule has 0 aliphatic rings. The number of carbonyl (C=O) groups is 1. The van der Waals surface area contributed by atoms with Crippen LogP contribution in [0.2, 0.25) is 0 Å². The van der Waals surface area contributed by atoms with Gasteiger partial charge < -0.3 is 10.8 Å². The van der Waals surface area contributed by atoms with Gasteiger partial charge in [0.1, 0.15) is 23.6 Å². The quantitative estimate of drug-likeness (QED) is 0.530. The number of amides is 1. The third-order valence-corrected chi connectivity index (χ3v) is 4.70. The first-order valence-electron chi connectivity index (χ1n) is 9.05. The summed E-state index contributed by atoms with van der Waals surface area (Å²) < 4.78 is 28.7. The van der Waals surface area contributed by atoms with Crippen molar-refractivity contribution in [2.45, 2.75) is 13.0 Å². The topological polar surface area (TPSA) is 102 Å². The van der Waals surface area contributed by atoms with Gasteiger partial charge in [0.25, 0.3) is 5.91 Å². The summed E-state index contributed by atoms with van der Waals surface area (Å²) in [6, 6.07) is 10.4. The zero-order valence-electron chi connectivity index (χ0n) is 15.6. The van der Waals surface area contributed by atoms with Crippen molar-refractivity contribution in [3.05, 3.63) is 89.1 Å². The Balaban J connectivity index is 1.85. The number of nitrogens with zero attached hydrogens (tertiary/aromatic N) is 3. The lowest BCUT2D eigenvalue weighted by atomic mass is 9.97. The first-order chi connectivity index (χ1) is 14.5. The van der Waals surface area contributed by atoms with Crippen molar-refractivity contribution in [3.63, 3.8) is 0 Å². The molecular formula is C22H16F2N4O2. The molecule has 0 fully saturated rings. The SMILES string of the molecule is NC(=O)c1cc(-c2ccc(F)cc2)c2ccc(Cc3cnc(CO)nc3)c(F)c2n1. The number of hydrogen-bond acceptors (Lipinski definition) is 5. The number of nitrogens with two attached hydrogens (primary N) is 1. The fraction of sp³-hybridized carbons (Fsp3) is 0.0909. The van der Waals surface area contributed by atoms with E-state index in [2.05, 4.69) is 15.0 Å². The second-order valence-electron chi connectivity index (χ2n) is 6.70. The van der Waals surface area contributed by atoms with Gasteiger partial charge >= 0.3 is 0 Å². The standard InChI is InChI=1S/C22H16F2N4O2/c23-15-4-1-13(2-5-15)17-8-18(22(25)30)28-21-16(17)6-3-14(20(21)24)7-12-9-26-19(11-29)27-10-12/h1-6,8-10,29H,7,11H2,(H2,25,30). The van der Waals surface area contributed by atoms with E-state index in [0.717, 1.165) is 0 Å². The molecule has 6 nitrogen and oxygen atoms in total. The van der Waals surface area contributed by atoms with Gasteiger partial charge in [-0.3, -0.25) is 4.79 Å². The molecule has 0 saturated carbocycles. The van der Waals surface area contributed by atoms with E-state index in [1.165, 1.54) is 30.6 Å². The lowest BCUT2D eigenvalue weighted by molar-refractivity contribution is 0.0996. The third kappa shape index (κ3) is 3.72. The van der Waals surface area contributed by atoms with Gasteiger partial charge in [-0.05, 0) is 40.5 Å². The molecular weight excluding hydrogens is 390 g/mol. The summed E-state index contributed by atoms with van der Waals surface area (Å²) in [6.45, 7) is -0.281. The molecule has 4 rings (SSSR count). The highest BCUT2D eigenvalue weighted by atomic mass is 19.1. The van der Waals surface area contributed by atoms with Gasteiger partial charge in [0.15, 0.2) is 11.6 Å². The van der Waals surface area contributed by atoms with Gasteiger partial charge in [-0.15, -0.1) is 0 Å². The minimum atomic E-state index is -0.793. The fourth-order valence-corrected chi connectivity index (χ4v) is 3.21. The molecule has 2 aromatic carbocycles. The molecule has 0 unspecified atom stereocenters. The maximum atomic E-state index is 15.3. The third-order valence-electron chi connectivity index (χ3n) is 4.70. The van der Waals surface area contributed by atoms with E-state index >= 15 is 4.39 Å². The number of primary amides is 1. The van der Waals surface area contributed by atoms with Crippen molar-refractivity contribution < 1.29 is 18.7 Å². The second-order valence-corrected chi connectivity index (χ2v) is 6.70. The predicted octanol–water partition coefficient (Wildman–Crippen LogP) is 3.15. The molecule has 2 heterocycles. The maximum absolute atomic E-state index is 15.3. The molecule has 30 heavy (non-hydrogen) atoms. The molecule has 0 bridgehead atoms. The van der Waals surface area contributed by atoms with E-state index in [1.807, 2.05) is 0 Å². The maximum Gasteiger partial charge on any atom is 0.267 e. The zero-order valence-corrected chi connectivity index (χ0v) is 15.6. The Morgan fingerprint density at radius 3 is 2.37 bits per heavy atom. The van der Waals surface area contributed by atoms with Crippen LogP contribution in [0.15, 0.2) is 54.9 Å². The Hall–Kier alpha value is -3.78. The van der Waals surface area contributed by atoms with Crippen LogP contribution in [-0.2, 0) is 13.0 Å². The molecule has 3 N–H and O–H groups in total. The summed E-state index contributed by atoms with van der Waals surface area (Å²) >= 11 is 0. The van der Waals surface area contributed by atoms with Crippen molar-refractivity contribution in [2.24, 2.45) is 5.73 Å². The van der Waals surface area contributed by atoms with Crippen molar-refractivity contribution in [1.29, 1.82) is 0 Å². The first kappa shape index (κ1) is 19.5. The van der Waals surface area contributed by atoms with Crippen LogP contribution in [0.25, 0.3) is 22.0 Å². The highest BCUT2D eigenvalue weighted by molar-refractivity contribution is 6.01. The average molecular weight is 406 g/mol. The normalized spacial score (nSPS) is 11.0. The van der Waals surface area contributed by atoms with Crippen molar-refractivity contribution >= 4 is 16.8 Å². The Bertz CT molecular complexity index is 1240. The van der Waals surface area contributed by atoms with Crippen molar-refractivity contribution in [1.82, 2.24) is 15.0 Å². The number of benzene rings is 2. The number of carbonyl (C=O) groups excluding carboxylic acids is 1. The Morgan fingerprint density at radius 1 is 1.03 bits per heavy atom. The molecule has 150 valence electrons. The van der Waals surface area contributed by atoms with Gasteiger partial charge in [0, 0.05) is 24.2 Å². The van der Waals surface area contributed by atoms with Crippen molar-refractivity contribution in [3.8, 4) is 11.1 Å². The minimum absolute atomic E-state index is 0.00368. The number of halogens is 2. The second kappa shape index (κ2) is 7.92. The first-order valence-corrected chi connectivity index (χ1v) is 9.05. The molecule has 0 saturated heterocycles. The van der Waals surface area contributed by atoms with Gasteiger partial charge in [0.2, 0.25) is 0 Å². The Labute approximate surface area is 170 Å². The van der Waals surface area contributed by atoms with E-state index in [-0.39, 0.29) is 30.1 Å². The smallest absolute Gasteiger partial charge is 0.267 e. The number of fused-ring (bicyclic) bond motifs is 1. The summed E-state index contributed by atoms with van der Waals surface area (Å²) in [5, 5.41) is 9.51. The van der Waals surface area contributed by atoms with E-state index < -0.39 is 17.5 Å². The highest BCUT2D eigenvalue weighted by Gasteiger charge is 2.17. The monoisotopic (exact) mass is 406 g/mol. The summed E-state index contributed by atoms with van der Waals surface area (Å²) in [4.78, 5) is 23.9. The van der Waals surface area contributed by atoms with Gasteiger partial charge in [-0.2, -0.15) is 0 Å². The lowest BCUT2D eigenvalue weighted by Gasteiger charge is -2.12. The Kier molecular flexibility index (Phi) is 5.16. The molecule has 0 radical (unpaired) electrons. The Morgan fingerprint density at radius 2 is 1.73 bits per heavy atom. The number of rotatable bonds is 5. The lowest BCUT2D eigenvalue weighted by Crippen LogP contribution is -2.14. The van der Waals surface area contributed by atoms with E-state index in [9.17, 15) is 9.18 Å². The minimum Gasteiger partial charge on any atom is -0.388 e. The van der Waals surface area contributed by atoms with E-state index in [1.54, 1.807) is 24.3 Å². The fourth-order valence-electron chi connectivity index (χ4n) is 3.21. The van der Waals surface area contributed by atoms with E-state index in [0.29, 0.717) is 27.6 Å². The summed E-state index contributed by atoms with van der Waals surface area (Å²) in [5.41, 5.74) is 7.41. The number of aromatic nitrogens is 3. The van der Waals surface area contributed by atoms with Crippen LogP contribution in [0, 0.1) is 11.6 Å². The number of aliphatic hydroxyl groups excluding tert-OH is 1. The number of aliphatic hydroxyl groups is 1. The highest BCUT2D eigenvalue weighted by Crippen LogP contribution is 2.32. The molecule has 1 amide bonds. The predicted molar refractivity (Wildman–Crippen MR) is 106 cm³/mol. The van der Waals surface area contributed by atoms with Crippen molar-refractivity contribution in [2.75, 3.05) is 0 Å². The zero-order chi connectivity index (χ0) is 21.3. The molecule has 2 aromatic heterocycles. The summed E-state index contributed by atoms with van der Waals surface area (Å²) in [5.74, 6) is -1.52. The molecule has 0 aliphatic heterocycles. The molecule has 4 aromatic rings. The van der Waals surface area contributed by atoms with E-state index in [4.69, 9.17) is 10.8 Å². The van der Waals surface area contributed by atoms with Crippen LogP contribution in [0.1, 0.15) is 27.4 Å². The van der Waals surface area contributed by atoms with Crippen LogP contribution in [-0.4, -0.2) is 26.0 Å².